The van der Waals surface area contributed by atoms with E-state index in [4.69, 9.17) is 0 Å². The number of hydrogen-bond acceptors (Lipinski definition) is 2. The summed E-state index contributed by atoms with van der Waals surface area (Å²) in [5.74, 6) is -0.758. The topological polar surface area (TPSA) is 40.5 Å². The van der Waals surface area contributed by atoms with Gasteiger partial charge in [0.2, 0.25) is 0 Å². The zero-order chi connectivity index (χ0) is 14.0. The van der Waals surface area contributed by atoms with Crippen LogP contribution in [0.2, 0.25) is 0 Å². The Morgan fingerprint density at radius 1 is 1.16 bits per heavy atom. The minimum Gasteiger partial charge on any atom is -0.507 e. The molecule has 0 aromatic heterocycles. The van der Waals surface area contributed by atoms with Gasteiger partial charge in [0.05, 0.1) is 5.56 Å². The molecular weight excluding hydrogens is 245 g/mol. The van der Waals surface area contributed by atoms with Gasteiger partial charge in [0, 0.05) is 12.7 Å². The molecule has 0 saturated heterocycles. The second-order valence-corrected chi connectivity index (χ2v) is 4.36. The fraction of sp³-hybridized carbons (Fsp3) is 0.133. The van der Waals surface area contributed by atoms with Crippen LogP contribution in [0.15, 0.2) is 42.5 Å². The smallest absolute Gasteiger partial charge is 0.261 e. The average molecular weight is 259 g/mol. The van der Waals surface area contributed by atoms with Crippen molar-refractivity contribution in [1.82, 2.24) is 0 Å². The van der Waals surface area contributed by atoms with E-state index in [9.17, 15) is 14.3 Å². The van der Waals surface area contributed by atoms with Gasteiger partial charge in [-0.2, -0.15) is 0 Å². The van der Waals surface area contributed by atoms with Crippen molar-refractivity contribution >= 4 is 11.6 Å². The maximum Gasteiger partial charge on any atom is 0.261 e. The Bertz CT molecular complexity index is 608. The van der Waals surface area contributed by atoms with Gasteiger partial charge in [-0.1, -0.05) is 6.07 Å². The molecule has 1 amide bonds. The zero-order valence-electron chi connectivity index (χ0n) is 10.7. The summed E-state index contributed by atoms with van der Waals surface area (Å²) in [4.78, 5) is 13.6. The number of phenolic OH excluding ortho intramolecular Hbond substituents is 1. The largest absolute Gasteiger partial charge is 0.507 e. The van der Waals surface area contributed by atoms with Crippen LogP contribution in [0.5, 0.6) is 5.75 Å². The van der Waals surface area contributed by atoms with Gasteiger partial charge in [0.15, 0.2) is 0 Å². The van der Waals surface area contributed by atoms with Gasteiger partial charge < -0.3 is 10.0 Å². The van der Waals surface area contributed by atoms with E-state index in [1.165, 1.54) is 35.2 Å². The summed E-state index contributed by atoms with van der Waals surface area (Å²) in [6.07, 6.45) is 0. The Labute approximate surface area is 110 Å². The van der Waals surface area contributed by atoms with E-state index in [-0.39, 0.29) is 23.0 Å². The second kappa shape index (κ2) is 5.10. The van der Waals surface area contributed by atoms with Crippen molar-refractivity contribution in [2.24, 2.45) is 0 Å². The summed E-state index contributed by atoms with van der Waals surface area (Å²) in [7, 11) is 1.58. The number of benzene rings is 2. The number of carbonyl (C=O) groups excluding carboxylic acids is 1. The van der Waals surface area contributed by atoms with Crippen LogP contribution in [0, 0.1) is 12.7 Å². The van der Waals surface area contributed by atoms with Crippen LogP contribution < -0.4 is 4.90 Å². The first-order valence-electron chi connectivity index (χ1n) is 5.82. The summed E-state index contributed by atoms with van der Waals surface area (Å²) < 4.78 is 12.8. The van der Waals surface area contributed by atoms with Crippen molar-refractivity contribution in [2.75, 3.05) is 11.9 Å². The maximum absolute atomic E-state index is 12.8. The van der Waals surface area contributed by atoms with Crippen LogP contribution >= 0.6 is 0 Å². The van der Waals surface area contributed by atoms with E-state index in [2.05, 4.69) is 0 Å². The van der Waals surface area contributed by atoms with Gasteiger partial charge in [-0.05, 0) is 48.9 Å². The zero-order valence-corrected chi connectivity index (χ0v) is 10.7. The lowest BCUT2D eigenvalue weighted by Crippen LogP contribution is -2.26. The molecule has 0 bridgehead atoms. The van der Waals surface area contributed by atoms with Crippen molar-refractivity contribution in [3.05, 3.63) is 59.4 Å². The summed E-state index contributed by atoms with van der Waals surface area (Å²) >= 11 is 0. The number of nitrogens with zero attached hydrogens (tertiary/aromatic N) is 1. The van der Waals surface area contributed by atoms with Crippen molar-refractivity contribution in [3.63, 3.8) is 0 Å². The minimum atomic E-state index is -0.359. The van der Waals surface area contributed by atoms with Gasteiger partial charge in [-0.3, -0.25) is 4.79 Å². The van der Waals surface area contributed by atoms with Gasteiger partial charge in [0.25, 0.3) is 5.91 Å². The van der Waals surface area contributed by atoms with Gasteiger partial charge in [-0.15, -0.1) is 0 Å². The molecule has 2 rings (SSSR count). The Kier molecular flexibility index (Phi) is 3.51. The predicted molar refractivity (Wildman–Crippen MR) is 72.0 cm³/mol. The molecular formula is C15H14FNO2. The number of rotatable bonds is 2. The molecule has 2 aromatic carbocycles. The molecule has 19 heavy (non-hydrogen) atoms. The third kappa shape index (κ3) is 2.73. The number of amides is 1. The molecule has 1 N–H and O–H groups in total. The van der Waals surface area contributed by atoms with Crippen molar-refractivity contribution < 1.29 is 14.3 Å². The second-order valence-electron chi connectivity index (χ2n) is 4.36. The predicted octanol–water partition coefficient (Wildman–Crippen LogP) is 3.12. The molecule has 0 spiro atoms. The number of aryl methyl sites for hydroxylation is 1. The number of phenols is 1. The van der Waals surface area contributed by atoms with Crippen LogP contribution in [0.4, 0.5) is 10.1 Å². The standard InChI is InChI=1S/C15H14FNO2/c1-10-3-8-13(14(18)9-10)15(19)17(2)12-6-4-11(16)5-7-12/h3-9,18H,1-2H3. The highest BCUT2D eigenvalue weighted by molar-refractivity contribution is 6.07. The molecule has 0 fully saturated rings. The van der Waals surface area contributed by atoms with Crippen molar-refractivity contribution in [1.29, 1.82) is 0 Å². The fourth-order valence-electron chi connectivity index (χ4n) is 1.79. The normalized spacial score (nSPS) is 10.3. The third-order valence-corrected chi connectivity index (χ3v) is 2.90. The Balaban J connectivity index is 2.30. The van der Waals surface area contributed by atoms with E-state index < -0.39 is 0 Å². The highest BCUT2D eigenvalue weighted by Gasteiger charge is 2.17. The molecule has 0 saturated carbocycles. The molecule has 98 valence electrons. The summed E-state index contributed by atoms with van der Waals surface area (Å²) in [6.45, 7) is 1.83. The minimum absolute atomic E-state index is 0.0565. The molecule has 0 aliphatic heterocycles. The first kappa shape index (κ1) is 13.1. The lowest BCUT2D eigenvalue weighted by atomic mass is 10.1. The van der Waals surface area contributed by atoms with Crippen molar-refractivity contribution in [3.8, 4) is 5.75 Å². The number of halogens is 1. The van der Waals surface area contributed by atoms with E-state index in [0.717, 1.165) is 5.56 Å². The number of aromatic hydroxyl groups is 1. The molecule has 3 nitrogen and oxygen atoms in total. The Morgan fingerprint density at radius 2 is 1.79 bits per heavy atom. The van der Waals surface area contributed by atoms with Crippen LogP contribution in [0.25, 0.3) is 0 Å². The van der Waals surface area contributed by atoms with Crippen LogP contribution in [0.3, 0.4) is 0 Å². The van der Waals surface area contributed by atoms with E-state index >= 15 is 0 Å². The lowest BCUT2D eigenvalue weighted by Gasteiger charge is -2.18. The lowest BCUT2D eigenvalue weighted by molar-refractivity contribution is 0.0990. The average Bonchev–Trinajstić information content (AvgIpc) is 2.38. The Hall–Kier alpha value is -2.36. The first-order chi connectivity index (χ1) is 8.99. The monoisotopic (exact) mass is 259 g/mol. The number of carbonyl (C=O) groups is 1. The first-order valence-corrected chi connectivity index (χ1v) is 5.82. The highest BCUT2D eigenvalue weighted by Crippen LogP contribution is 2.22. The summed E-state index contributed by atoms with van der Waals surface area (Å²) in [5.41, 5.74) is 1.65. The molecule has 0 radical (unpaired) electrons. The van der Waals surface area contributed by atoms with E-state index in [1.807, 2.05) is 6.92 Å². The molecule has 2 aromatic rings. The molecule has 0 atom stereocenters. The molecule has 0 aliphatic rings. The number of hydrogen-bond donors (Lipinski definition) is 1. The highest BCUT2D eigenvalue weighted by atomic mass is 19.1. The molecule has 0 aliphatic carbocycles. The van der Waals surface area contributed by atoms with Crippen LogP contribution in [-0.4, -0.2) is 18.1 Å². The summed E-state index contributed by atoms with van der Waals surface area (Å²) in [6, 6.07) is 10.5. The SMILES string of the molecule is Cc1ccc(C(=O)N(C)c2ccc(F)cc2)c(O)c1. The fourth-order valence-corrected chi connectivity index (χ4v) is 1.79. The van der Waals surface area contributed by atoms with Crippen molar-refractivity contribution in [2.45, 2.75) is 6.92 Å². The Morgan fingerprint density at radius 3 is 2.37 bits per heavy atom. The molecule has 0 unspecified atom stereocenters. The molecule has 0 heterocycles. The molecule has 4 heteroatoms. The van der Waals surface area contributed by atoms with Gasteiger partial charge >= 0.3 is 0 Å². The van der Waals surface area contributed by atoms with Gasteiger partial charge in [0.1, 0.15) is 11.6 Å². The van der Waals surface area contributed by atoms with Crippen LogP contribution in [-0.2, 0) is 0 Å². The number of anilines is 1. The quantitative estimate of drug-likeness (QED) is 0.900. The van der Waals surface area contributed by atoms with E-state index in [1.54, 1.807) is 19.2 Å². The third-order valence-electron chi connectivity index (χ3n) is 2.90. The van der Waals surface area contributed by atoms with E-state index in [0.29, 0.717) is 5.69 Å². The summed E-state index contributed by atoms with van der Waals surface area (Å²) in [5, 5.41) is 9.79. The van der Waals surface area contributed by atoms with Crippen LogP contribution in [0.1, 0.15) is 15.9 Å². The maximum atomic E-state index is 12.8. The van der Waals surface area contributed by atoms with Gasteiger partial charge in [-0.25, -0.2) is 4.39 Å².